The first-order valence-electron chi connectivity index (χ1n) is 6.55. The Labute approximate surface area is 108 Å². The van der Waals surface area contributed by atoms with Crippen molar-refractivity contribution < 1.29 is 0 Å². The number of rotatable bonds is 3. The van der Waals surface area contributed by atoms with Gasteiger partial charge in [-0.15, -0.1) is 0 Å². The van der Waals surface area contributed by atoms with E-state index < -0.39 is 0 Å². The monoisotopic (exact) mass is 244 g/mol. The van der Waals surface area contributed by atoms with Gasteiger partial charge in [0.05, 0.1) is 11.3 Å². The van der Waals surface area contributed by atoms with Crippen LogP contribution in [0, 0.1) is 16.7 Å². The van der Waals surface area contributed by atoms with E-state index in [0.717, 1.165) is 18.9 Å². The van der Waals surface area contributed by atoms with E-state index in [9.17, 15) is 0 Å². The standard InChI is InChI=1S/C14H20N4/c1-3-14(4-2)6-8-18(10-14)13-12(16)11(9-15)5-7-17-13/h5,7H,3-4,6,8,10,16H2,1-2H3. The summed E-state index contributed by atoms with van der Waals surface area (Å²) in [5.74, 6) is 0.776. The van der Waals surface area contributed by atoms with Gasteiger partial charge in [0.1, 0.15) is 6.07 Å². The van der Waals surface area contributed by atoms with Gasteiger partial charge in [0.25, 0.3) is 0 Å². The summed E-state index contributed by atoms with van der Waals surface area (Å²) in [6.07, 6.45) is 5.20. The highest BCUT2D eigenvalue weighted by molar-refractivity contribution is 5.70. The molecular weight excluding hydrogens is 224 g/mol. The lowest BCUT2D eigenvalue weighted by Gasteiger charge is -2.27. The zero-order valence-electron chi connectivity index (χ0n) is 11.1. The Balaban J connectivity index is 2.28. The van der Waals surface area contributed by atoms with Gasteiger partial charge in [-0.05, 0) is 30.7 Å². The number of anilines is 2. The summed E-state index contributed by atoms with van der Waals surface area (Å²) < 4.78 is 0. The van der Waals surface area contributed by atoms with Gasteiger partial charge in [0, 0.05) is 19.3 Å². The molecule has 0 saturated carbocycles. The van der Waals surface area contributed by atoms with Gasteiger partial charge in [0.15, 0.2) is 5.82 Å². The molecule has 1 aliphatic heterocycles. The topological polar surface area (TPSA) is 65.9 Å². The first-order chi connectivity index (χ1) is 8.65. The number of hydrogen-bond donors (Lipinski definition) is 1. The van der Waals surface area contributed by atoms with E-state index >= 15 is 0 Å². The smallest absolute Gasteiger partial charge is 0.153 e. The summed E-state index contributed by atoms with van der Waals surface area (Å²) in [5.41, 5.74) is 7.44. The molecule has 2 N–H and O–H groups in total. The Morgan fingerprint density at radius 3 is 2.78 bits per heavy atom. The first kappa shape index (κ1) is 12.7. The molecule has 0 aromatic carbocycles. The number of nitriles is 1. The van der Waals surface area contributed by atoms with Crippen LogP contribution in [0.5, 0.6) is 0 Å². The molecule has 2 heterocycles. The lowest BCUT2D eigenvalue weighted by atomic mass is 9.82. The van der Waals surface area contributed by atoms with E-state index in [1.165, 1.54) is 19.3 Å². The largest absolute Gasteiger partial charge is 0.395 e. The van der Waals surface area contributed by atoms with E-state index in [1.807, 2.05) is 0 Å². The van der Waals surface area contributed by atoms with Crippen molar-refractivity contribution in [2.24, 2.45) is 5.41 Å². The van der Waals surface area contributed by atoms with Crippen LogP contribution in [0.3, 0.4) is 0 Å². The molecule has 0 bridgehead atoms. The lowest BCUT2D eigenvalue weighted by Crippen LogP contribution is -2.27. The van der Waals surface area contributed by atoms with Crippen LogP contribution in [0.25, 0.3) is 0 Å². The zero-order chi connectivity index (χ0) is 13.2. The van der Waals surface area contributed by atoms with Gasteiger partial charge < -0.3 is 10.6 Å². The second-order valence-electron chi connectivity index (χ2n) is 5.09. The molecule has 96 valence electrons. The molecule has 1 aromatic rings. The van der Waals surface area contributed by atoms with Gasteiger partial charge in [-0.2, -0.15) is 5.26 Å². The number of hydrogen-bond acceptors (Lipinski definition) is 4. The summed E-state index contributed by atoms with van der Waals surface area (Å²) in [7, 11) is 0. The summed E-state index contributed by atoms with van der Waals surface area (Å²) in [5, 5.41) is 9.00. The molecular formula is C14H20N4. The van der Waals surface area contributed by atoms with E-state index in [0.29, 0.717) is 16.7 Å². The van der Waals surface area contributed by atoms with Crippen LogP contribution in [0.15, 0.2) is 12.3 Å². The van der Waals surface area contributed by atoms with Gasteiger partial charge >= 0.3 is 0 Å². The average molecular weight is 244 g/mol. The van der Waals surface area contributed by atoms with Gasteiger partial charge in [-0.1, -0.05) is 13.8 Å². The molecule has 0 radical (unpaired) electrons. The third kappa shape index (κ3) is 2.01. The Morgan fingerprint density at radius 1 is 1.50 bits per heavy atom. The molecule has 2 rings (SSSR count). The van der Waals surface area contributed by atoms with E-state index in [1.54, 1.807) is 12.3 Å². The minimum absolute atomic E-state index is 0.386. The first-order valence-corrected chi connectivity index (χ1v) is 6.55. The van der Waals surface area contributed by atoms with Gasteiger partial charge in [-0.25, -0.2) is 4.98 Å². The fourth-order valence-electron chi connectivity index (χ4n) is 2.75. The van der Waals surface area contributed by atoms with Gasteiger partial charge in [0.2, 0.25) is 0 Å². The van der Waals surface area contributed by atoms with Crippen LogP contribution in [0.1, 0.15) is 38.7 Å². The Morgan fingerprint density at radius 2 is 2.22 bits per heavy atom. The SMILES string of the molecule is CCC1(CC)CCN(c2nccc(C#N)c2N)C1. The molecule has 1 fully saturated rings. The van der Waals surface area contributed by atoms with Gasteiger partial charge in [-0.3, -0.25) is 0 Å². The number of nitrogens with two attached hydrogens (primary N) is 1. The third-order valence-electron chi connectivity index (χ3n) is 4.33. The lowest BCUT2D eigenvalue weighted by molar-refractivity contribution is 0.301. The quantitative estimate of drug-likeness (QED) is 0.887. The average Bonchev–Trinajstić information content (AvgIpc) is 2.84. The summed E-state index contributed by atoms with van der Waals surface area (Å²) in [4.78, 5) is 6.58. The maximum absolute atomic E-state index is 9.00. The predicted octanol–water partition coefficient (Wildman–Crippen LogP) is 2.55. The second kappa shape index (κ2) is 4.85. The number of aromatic nitrogens is 1. The molecule has 0 amide bonds. The fraction of sp³-hybridized carbons (Fsp3) is 0.571. The van der Waals surface area contributed by atoms with Crippen molar-refractivity contribution in [2.75, 3.05) is 23.7 Å². The van der Waals surface area contributed by atoms with Crippen molar-refractivity contribution in [3.05, 3.63) is 17.8 Å². The highest BCUT2D eigenvalue weighted by atomic mass is 15.2. The fourth-order valence-corrected chi connectivity index (χ4v) is 2.75. The van der Waals surface area contributed by atoms with E-state index in [-0.39, 0.29) is 0 Å². The van der Waals surface area contributed by atoms with Crippen LogP contribution in [0.4, 0.5) is 11.5 Å². The predicted molar refractivity (Wildman–Crippen MR) is 73.2 cm³/mol. The second-order valence-corrected chi connectivity index (χ2v) is 5.09. The van der Waals surface area contributed by atoms with Crippen LogP contribution >= 0.6 is 0 Å². The number of nitrogens with zero attached hydrogens (tertiary/aromatic N) is 3. The Hall–Kier alpha value is -1.76. The van der Waals surface area contributed by atoms with Crippen LogP contribution < -0.4 is 10.6 Å². The molecule has 0 atom stereocenters. The van der Waals surface area contributed by atoms with Crippen LogP contribution in [0.2, 0.25) is 0 Å². The molecule has 1 aromatic heterocycles. The minimum atomic E-state index is 0.386. The highest BCUT2D eigenvalue weighted by Crippen LogP contribution is 2.40. The molecule has 0 unspecified atom stereocenters. The van der Waals surface area contributed by atoms with E-state index in [2.05, 4.69) is 29.8 Å². The Kier molecular flexibility index (Phi) is 3.42. The normalized spacial score (nSPS) is 17.7. The van der Waals surface area contributed by atoms with Crippen molar-refractivity contribution in [1.82, 2.24) is 4.98 Å². The maximum atomic E-state index is 9.00. The molecule has 1 saturated heterocycles. The van der Waals surface area contributed by atoms with Crippen molar-refractivity contribution in [3.8, 4) is 6.07 Å². The molecule has 4 heteroatoms. The van der Waals surface area contributed by atoms with Crippen molar-refractivity contribution in [1.29, 1.82) is 5.26 Å². The van der Waals surface area contributed by atoms with Crippen molar-refractivity contribution >= 4 is 11.5 Å². The van der Waals surface area contributed by atoms with Crippen molar-refractivity contribution in [2.45, 2.75) is 33.1 Å². The molecule has 0 aliphatic carbocycles. The third-order valence-corrected chi connectivity index (χ3v) is 4.33. The molecule has 4 nitrogen and oxygen atoms in total. The van der Waals surface area contributed by atoms with Crippen molar-refractivity contribution in [3.63, 3.8) is 0 Å². The Bertz CT molecular complexity index is 471. The summed E-state index contributed by atoms with van der Waals surface area (Å²) in [6.45, 7) is 6.46. The highest BCUT2D eigenvalue weighted by Gasteiger charge is 2.36. The maximum Gasteiger partial charge on any atom is 0.153 e. The number of nitrogen functional groups attached to an aromatic ring is 1. The molecule has 0 spiro atoms. The minimum Gasteiger partial charge on any atom is -0.395 e. The van der Waals surface area contributed by atoms with Crippen LogP contribution in [-0.2, 0) is 0 Å². The molecule has 1 aliphatic rings. The molecule has 18 heavy (non-hydrogen) atoms. The summed E-state index contributed by atoms with van der Waals surface area (Å²) in [6, 6.07) is 3.78. The summed E-state index contributed by atoms with van der Waals surface area (Å²) >= 11 is 0. The number of pyridine rings is 1. The van der Waals surface area contributed by atoms with E-state index in [4.69, 9.17) is 11.0 Å². The van der Waals surface area contributed by atoms with Crippen LogP contribution in [-0.4, -0.2) is 18.1 Å². The zero-order valence-corrected chi connectivity index (χ0v) is 11.1.